The van der Waals surface area contributed by atoms with Crippen LogP contribution in [0.3, 0.4) is 0 Å². The number of aliphatic hydroxyl groups excluding tert-OH is 1. The Balaban J connectivity index is 2.13. The van der Waals surface area contributed by atoms with Gasteiger partial charge in [0.15, 0.2) is 0 Å². The molecule has 0 saturated heterocycles. The molecule has 0 spiro atoms. The van der Waals surface area contributed by atoms with Gasteiger partial charge in [0.25, 0.3) is 0 Å². The summed E-state index contributed by atoms with van der Waals surface area (Å²) in [5.41, 5.74) is 11.5. The molecule has 3 N–H and O–H groups in total. The summed E-state index contributed by atoms with van der Waals surface area (Å²) in [4.78, 5) is 4.15. The van der Waals surface area contributed by atoms with Gasteiger partial charge in [-0.25, -0.2) is 4.98 Å². The topological polar surface area (TPSA) is 87.9 Å². The number of hydrogen-bond donors (Lipinski definition) is 2. The highest BCUT2D eigenvalue weighted by molar-refractivity contribution is 7.98. The number of benzene rings is 1. The van der Waals surface area contributed by atoms with Crippen LogP contribution in [0, 0.1) is 18.3 Å². The summed E-state index contributed by atoms with van der Waals surface area (Å²) >= 11 is 7.53. The Labute approximate surface area is 167 Å². The van der Waals surface area contributed by atoms with E-state index in [0.717, 1.165) is 27.4 Å². The Hall–Kier alpha value is -2.46. The molecule has 2 aromatic heterocycles. The number of rotatable bonds is 5. The Bertz CT molecular complexity index is 1020. The number of aromatic nitrogens is 2. The van der Waals surface area contributed by atoms with Crippen molar-refractivity contribution in [2.24, 2.45) is 0 Å². The van der Waals surface area contributed by atoms with Crippen LogP contribution in [0.25, 0.3) is 11.1 Å². The molecule has 0 saturated carbocycles. The molecule has 1 aromatic carbocycles. The Morgan fingerprint density at radius 2 is 2.04 bits per heavy atom. The second-order valence-corrected chi connectivity index (χ2v) is 7.27. The lowest BCUT2D eigenvalue weighted by atomic mass is 10.0. The standard InChI is InChI=1S/C20H19ClN4OS/c1-12-18(14-3-5-16(23)6-4-14)17(8-22)20(27-2)25(12)10-13-7-15(11-26)19(21)24-9-13/h3-7,9,26H,10-11,23H2,1-2H3. The first-order chi connectivity index (χ1) is 13.0. The van der Waals surface area contributed by atoms with Crippen molar-refractivity contribution < 1.29 is 5.11 Å². The largest absolute Gasteiger partial charge is 0.399 e. The fourth-order valence-electron chi connectivity index (χ4n) is 3.14. The first kappa shape index (κ1) is 19.3. The van der Waals surface area contributed by atoms with E-state index in [1.54, 1.807) is 6.20 Å². The zero-order valence-corrected chi connectivity index (χ0v) is 16.6. The van der Waals surface area contributed by atoms with Crippen molar-refractivity contribution in [2.45, 2.75) is 25.1 Å². The number of hydrogen-bond acceptors (Lipinski definition) is 5. The molecule has 27 heavy (non-hydrogen) atoms. The SMILES string of the molecule is CSc1c(C#N)c(-c2ccc(N)cc2)c(C)n1Cc1cnc(Cl)c(CO)c1. The van der Waals surface area contributed by atoms with Crippen LogP contribution in [0.4, 0.5) is 5.69 Å². The number of nitrogens with zero attached hydrogens (tertiary/aromatic N) is 3. The average molecular weight is 399 g/mol. The van der Waals surface area contributed by atoms with E-state index in [2.05, 4.69) is 15.6 Å². The van der Waals surface area contributed by atoms with Crippen LogP contribution < -0.4 is 5.73 Å². The molecule has 0 aliphatic heterocycles. The van der Waals surface area contributed by atoms with Crippen molar-refractivity contribution in [1.82, 2.24) is 9.55 Å². The van der Waals surface area contributed by atoms with Gasteiger partial charge < -0.3 is 15.4 Å². The van der Waals surface area contributed by atoms with Crippen LogP contribution in [-0.2, 0) is 13.2 Å². The molecule has 0 amide bonds. The number of nitrogen functional groups attached to an aromatic ring is 1. The molecule has 138 valence electrons. The second kappa shape index (κ2) is 8.05. The summed E-state index contributed by atoms with van der Waals surface area (Å²) in [6.07, 6.45) is 3.65. The molecule has 0 aliphatic carbocycles. The first-order valence-electron chi connectivity index (χ1n) is 8.27. The molecule has 0 fully saturated rings. The lowest BCUT2D eigenvalue weighted by Crippen LogP contribution is -2.05. The van der Waals surface area contributed by atoms with Crippen molar-refractivity contribution in [3.63, 3.8) is 0 Å². The molecule has 3 rings (SSSR count). The van der Waals surface area contributed by atoms with E-state index >= 15 is 0 Å². The summed E-state index contributed by atoms with van der Waals surface area (Å²) in [5, 5.41) is 20.4. The van der Waals surface area contributed by atoms with Crippen molar-refractivity contribution >= 4 is 29.1 Å². The van der Waals surface area contributed by atoms with Crippen LogP contribution >= 0.6 is 23.4 Å². The van der Waals surface area contributed by atoms with Crippen molar-refractivity contribution in [2.75, 3.05) is 12.0 Å². The number of anilines is 1. The zero-order valence-electron chi connectivity index (χ0n) is 15.0. The minimum atomic E-state index is -0.167. The third-order valence-corrected chi connectivity index (χ3v) is 5.61. The maximum absolute atomic E-state index is 9.80. The highest BCUT2D eigenvalue weighted by Gasteiger charge is 2.21. The predicted octanol–water partition coefficient (Wildman–Crippen LogP) is 4.23. The summed E-state index contributed by atoms with van der Waals surface area (Å²) in [6, 6.07) is 11.7. The maximum atomic E-state index is 9.80. The second-order valence-electron chi connectivity index (χ2n) is 6.12. The van der Waals surface area contributed by atoms with Gasteiger partial charge in [-0.05, 0) is 42.5 Å². The quantitative estimate of drug-likeness (QED) is 0.381. The van der Waals surface area contributed by atoms with Crippen LogP contribution in [0.5, 0.6) is 0 Å². The van der Waals surface area contributed by atoms with E-state index in [-0.39, 0.29) is 6.61 Å². The van der Waals surface area contributed by atoms with Crippen molar-refractivity contribution in [1.29, 1.82) is 5.26 Å². The number of nitriles is 1. The minimum Gasteiger partial charge on any atom is -0.399 e. The van der Waals surface area contributed by atoms with Gasteiger partial charge in [-0.15, -0.1) is 11.8 Å². The van der Waals surface area contributed by atoms with Crippen molar-refractivity contribution in [3.8, 4) is 17.2 Å². The van der Waals surface area contributed by atoms with Gasteiger partial charge in [-0.2, -0.15) is 5.26 Å². The van der Waals surface area contributed by atoms with E-state index < -0.39 is 0 Å². The average Bonchev–Trinajstić information content (AvgIpc) is 2.95. The minimum absolute atomic E-state index is 0.167. The fourth-order valence-corrected chi connectivity index (χ4v) is 4.08. The molecule has 3 aromatic rings. The molecule has 0 bridgehead atoms. The van der Waals surface area contributed by atoms with E-state index in [1.165, 1.54) is 11.8 Å². The van der Waals surface area contributed by atoms with Gasteiger partial charge in [0.05, 0.1) is 17.2 Å². The fraction of sp³-hybridized carbons (Fsp3) is 0.200. The van der Waals surface area contributed by atoms with Gasteiger partial charge in [-0.3, -0.25) is 0 Å². The molecule has 0 radical (unpaired) electrons. The zero-order chi connectivity index (χ0) is 19.6. The molecule has 2 heterocycles. The Kier molecular flexibility index (Phi) is 5.76. The van der Waals surface area contributed by atoms with Crippen LogP contribution in [0.2, 0.25) is 5.15 Å². The van der Waals surface area contributed by atoms with Gasteiger partial charge in [0, 0.05) is 35.2 Å². The van der Waals surface area contributed by atoms with Gasteiger partial charge in [0.1, 0.15) is 11.2 Å². The molecular weight excluding hydrogens is 380 g/mol. The molecule has 7 heteroatoms. The first-order valence-corrected chi connectivity index (χ1v) is 9.87. The highest BCUT2D eigenvalue weighted by Crippen LogP contribution is 2.37. The van der Waals surface area contributed by atoms with E-state index in [1.807, 2.05) is 43.5 Å². The van der Waals surface area contributed by atoms with Gasteiger partial charge >= 0.3 is 0 Å². The lowest BCUT2D eigenvalue weighted by molar-refractivity contribution is 0.281. The van der Waals surface area contributed by atoms with Gasteiger partial charge in [0.2, 0.25) is 0 Å². The normalized spacial score (nSPS) is 10.8. The Morgan fingerprint density at radius 3 is 2.63 bits per heavy atom. The predicted molar refractivity (Wildman–Crippen MR) is 110 cm³/mol. The third-order valence-electron chi connectivity index (χ3n) is 4.46. The molecule has 0 unspecified atom stereocenters. The van der Waals surface area contributed by atoms with Crippen LogP contribution in [0.15, 0.2) is 41.6 Å². The highest BCUT2D eigenvalue weighted by atomic mass is 35.5. The lowest BCUT2D eigenvalue weighted by Gasteiger charge is -2.12. The van der Waals surface area contributed by atoms with Crippen molar-refractivity contribution in [3.05, 3.63) is 64.1 Å². The summed E-state index contributed by atoms with van der Waals surface area (Å²) in [7, 11) is 0. The monoisotopic (exact) mass is 398 g/mol. The van der Waals surface area contributed by atoms with Gasteiger partial charge in [-0.1, -0.05) is 23.7 Å². The molecular formula is C20H19ClN4OS. The number of aliphatic hydroxyl groups is 1. The number of pyridine rings is 1. The van der Waals surface area contributed by atoms with E-state index in [0.29, 0.717) is 28.5 Å². The smallest absolute Gasteiger partial charge is 0.134 e. The van der Waals surface area contributed by atoms with Crippen LogP contribution in [-0.4, -0.2) is 20.9 Å². The van der Waals surface area contributed by atoms with E-state index in [9.17, 15) is 10.4 Å². The third kappa shape index (κ3) is 3.67. The molecule has 5 nitrogen and oxygen atoms in total. The summed E-state index contributed by atoms with van der Waals surface area (Å²) in [6.45, 7) is 2.37. The summed E-state index contributed by atoms with van der Waals surface area (Å²) in [5.74, 6) is 0. The molecule has 0 aliphatic rings. The molecule has 0 atom stereocenters. The number of thioether (sulfide) groups is 1. The Morgan fingerprint density at radius 1 is 1.33 bits per heavy atom. The number of nitrogens with two attached hydrogens (primary N) is 1. The summed E-state index contributed by atoms with van der Waals surface area (Å²) < 4.78 is 2.10. The van der Waals surface area contributed by atoms with Crippen LogP contribution in [0.1, 0.15) is 22.4 Å². The number of halogens is 1. The maximum Gasteiger partial charge on any atom is 0.134 e. The van der Waals surface area contributed by atoms with E-state index in [4.69, 9.17) is 17.3 Å².